The van der Waals surface area contributed by atoms with Gasteiger partial charge in [-0.25, -0.2) is 0 Å². The number of nitrogens with two attached hydrogens (primary N) is 1. The Balaban J connectivity index is 1.49. The highest BCUT2D eigenvalue weighted by atomic mass is 32.1. The number of anilines is 1. The highest BCUT2D eigenvalue weighted by Gasteiger charge is 2.45. The molecule has 2 N–H and O–H groups in total. The summed E-state index contributed by atoms with van der Waals surface area (Å²) in [5.74, 6) is 0.491. The van der Waals surface area contributed by atoms with Crippen molar-refractivity contribution in [3.63, 3.8) is 0 Å². The molecule has 1 aliphatic carbocycles. The standard InChI is InChI=1S/C10H15N3O2S/c11-8-12-13-9(16-8)14-5-7-4-10(15-6-7)2-1-3-10/h7H,1-6H2,(H2,11,12). The van der Waals surface area contributed by atoms with Crippen LogP contribution in [0.5, 0.6) is 5.19 Å². The molecule has 1 aromatic rings. The second kappa shape index (κ2) is 3.85. The number of hydrogen-bond acceptors (Lipinski definition) is 6. The third-order valence-electron chi connectivity index (χ3n) is 3.42. The van der Waals surface area contributed by atoms with Crippen molar-refractivity contribution >= 4 is 16.5 Å². The molecule has 2 aliphatic rings. The van der Waals surface area contributed by atoms with E-state index in [1.807, 2.05) is 0 Å². The minimum Gasteiger partial charge on any atom is -0.469 e. The van der Waals surface area contributed by atoms with Crippen molar-refractivity contribution in [2.75, 3.05) is 18.9 Å². The van der Waals surface area contributed by atoms with Gasteiger partial charge in [-0.2, -0.15) is 0 Å². The maximum Gasteiger partial charge on any atom is 0.295 e. The molecule has 1 spiro atoms. The van der Waals surface area contributed by atoms with Crippen molar-refractivity contribution < 1.29 is 9.47 Å². The van der Waals surface area contributed by atoms with Crippen molar-refractivity contribution in [3.05, 3.63) is 0 Å². The number of rotatable bonds is 3. The van der Waals surface area contributed by atoms with E-state index in [0.29, 0.717) is 22.9 Å². The zero-order chi connectivity index (χ0) is 11.0. The summed E-state index contributed by atoms with van der Waals surface area (Å²) in [7, 11) is 0. The van der Waals surface area contributed by atoms with Crippen molar-refractivity contribution in [3.8, 4) is 5.19 Å². The van der Waals surface area contributed by atoms with E-state index in [1.165, 1.54) is 30.6 Å². The van der Waals surface area contributed by atoms with Crippen LogP contribution in [0.15, 0.2) is 0 Å². The topological polar surface area (TPSA) is 70.3 Å². The molecule has 2 heterocycles. The van der Waals surface area contributed by atoms with Crippen LogP contribution >= 0.6 is 11.3 Å². The van der Waals surface area contributed by atoms with Gasteiger partial charge in [0.1, 0.15) is 0 Å². The van der Waals surface area contributed by atoms with Gasteiger partial charge >= 0.3 is 0 Å². The van der Waals surface area contributed by atoms with Crippen molar-refractivity contribution in [1.82, 2.24) is 10.2 Å². The molecule has 1 unspecified atom stereocenters. The summed E-state index contributed by atoms with van der Waals surface area (Å²) in [6, 6.07) is 0. The Kier molecular flexibility index (Phi) is 2.48. The summed E-state index contributed by atoms with van der Waals surface area (Å²) >= 11 is 1.28. The molecule has 2 fully saturated rings. The van der Waals surface area contributed by atoms with Crippen LogP contribution in [0.2, 0.25) is 0 Å². The molecular weight excluding hydrogens is 226 g/mol. The number of nitrogen functional groups attached to an aromatic ring is 1. The van der Waals surface area contributed by atoms with E-state index in [9.17, 15) is 0 Å². The van der Waals surface area contributed by atoms with E-state index in [2.05, 4.69) is 10.2 Å². The highest BCUT2D eigenvalue weighted by Crippen LogP contribution is 2.45. The lowest BCUT2D eigenvalue weighted by Crippen LogP contribution is -2.36. The highest BCUT2D eigenvalue weighted by molar-refractivity contribution is 7.16. The average molecular weight is 241 g/mol. The van der Waals surface area contributed by atoms with Gasteiger partial charge in [0.25, 0.3) is 5.19 Å². The Morgan fingerprint density at radius 2 is 2.38 bits per heavy atom. The van der Waals surface area contributed by atoms with Crippen LogP contribution in [0, 0.1) is 5.92 Å². The molecule has 1 saturated carbocycles. The van der Waals surface area contributed by atoms with Crippen molar-refractivity contribution in [2.24, 2.45) is 5.92 Å². The molecule has 1 atom stereocenters. The van der Waals surface area contributed by atoms with E-state index in [1.54, 1.807) is 0 Å². The summed E-state index contributed by atoms with van der Waals surface area (Å²) in [6.07, 6.45) is 4.87. The van der Waals surface area contributed by atoms with Crippen LogP contribution in [0.25, 0.3) is 0 Å². The second-order valence-electron chi connectivity index (χ2n) is 4.63. The van der Waals surface area contributed by atoms with Gasteiger partial charge in [0.15, 0.2) is 0 Å². The van der Waals surface area contributed by atoms with E-state index >= 15 is 0 Å². The third-order valence-corrected chi connectivity index (χ3v) is 4.08. The van der Waals surface area contributed by atoms with Gasteiger partial charge in [-0.15, -0.1) is 5.10 Å². The molecule has 0 bridgehead atoms. The largest absolute Gasteiger partial charge is 0.469 e. The first kappa shape index (κ1) is 10.3. The predicted molar refractivity (Wildman–Crippen MR) is 60.5 cm³/mol. The van der Waals surface area contributed by atoms with E-state index in [-0.39, 0.29) is 5.60 Å². The fourth-order valence-electron chi connectivity index (χ4n) is 2.43. The zero-order valence-electron chi connectivity index (χ0n) is 9.02. The van der Waals surface area contributed by atoms with Gasteiger partial charge < -0.3 is 15.2 Å². The number of ether oxygens (including phenoxy) is 2. The van der Waals surface area contributed by atoms with E-state index in [0.717, 1.165) is 13.0 Å². The van der Waals surface area contributed by atoms with Crippen LogP contribution in [0.1, 0.15) is 25.7 Å². The first-order chi connectivity index (χ1) is 7.76. The van der Waals surface area contributed by atoms with Gasteiger partial charge in [0.2, 0.25) is 5.13 Å². The predicted octanol–water partition coefficient (Wildman–Crippen LogP) is 1.46. The SMILES string of the molecule is Nc1nnc(OCC2COC3(CCC3)C2)s1. The van der Waals surface area contributed by atoms with Crippen molar-refractivity contribution in [2.45, 2.75) is 31.3 Å². The molecule has 0 radical (unpaired) electrons. The van der Waals surface area contributed by atoms with E-state index in [4.69, 9.17) is 15.2 Å². The van der Waals surface area contributed by atoms with Gasteiger partial charge in [-0.3, -0.25) is 0 Å². The number of nitrogens with zero attached hydrogens (tertiary/aromatic N) is 2. The fourth-order valence-corrected chi connectivity index (χ4v) is 2.90. The van der Waals surface area contributed by atoms with Crippen LogP contribution in [0.4, 0.5) is 5.13 Å². The van der Waals surface area contributed by atoms with E-state index < -0.39 is 0 Å². The Bertz CT molecular complexity index is 378. The summed E-state index contributed by atoms with van der Waals surface area (Å²) in [5, 5.41) is 8.55. The van der Waals surface area contributed by atoms with Crippen molar-refractivity contribution in [1.29, 1.82) is 0 Å². The molecule has 5 nitrogen and oxygen atoms in total. The molecule has 88 valence electrons. The molecule has 0 amide bonds. The lowest BCUT2D eigenvalue weighted by atomic mass is 9.76. The molecule has 0 aromatic carbocycles. The molecule has 3 rings (SSSR count). The normalized spacial score (nSPS) is 26.9. The van der Waals surface area contributed by atoms with Crippen LogP contribution in [-0.4, -0.2) is 29.0 Å². The van der Waals surface area contributed by atoms with Crippen LogP contribution in [-0.2, 0) is 4.74 Å². The monoisotopic (exact) mass is 241 g/mol. The Morgan fingerprint density at radius 1 is 1.50 bits per heavy atom. The Hall–Kier alpha value is -0.880. The fraction of sp³-hybridized carbons (Fsp3) is 0.800. The van der Waals surface area contributed by atoms with Crippen LogP contribution in [0.3, 0.4) is 0 Å². The lowest BCUT2D eigenvalue weighted by molar-refractivity contribution is -0.0565. The van der Waals surface area contributed by atoms with Gasteiger partial charge in [-0.1, -0.05) is 5.10 Å². The maximum absolute atomic E-state index is 5.85. The smallest absolute Gasteiger partial charge is 0.295 e. The van der Waals surface area contributed by atoms with Crippen LogP contribution < -0.4 is 10.5 Å². The second-order valence-corrected chi connectivity index (χ2v) is 5.61. The summed E-state index contributed by atoms with van der Waals surface area (Å²) in [5.41, 5.74) is 5.68. The number of aromatic nitrogens is 2. The first-order valence-corrected chi connectivity index (χ1v) is 6.43. The quantitative estimate of drug-likeness (QED) is 0.867. The lowest BCUT2D eigenvalue weighted by Gasteiger charge is -2.37. The molecular formula is C10H15N3O2S. The Labute approximate surface area is 98.0 Å². The third kappa shape index (κ3) is 1.87. The Morgan fingerprint density at radius 3 is 2.94 bits per heavy atom. The average Bonchev–Trinajstić information content (AvgIpc) is 2.80. The first-order valence-electron chi connectivity index (χ1n) is 5.62. The zero-order valence-corrected chi connectivity index (χ0v) is 9.83. The molecule has 1 aromatic heterocycles. The summed E-state index contributed by atoms with van der Waals surface area (Å²) in [6.45, 7) is 1.48. The van der Waals surface area contributed by atoms with Gasteiger partial charge in [0.05, 0.1) is 18.8 Å². The van der Waals surface area contributed by atoms with Gasteiger partial charge in [-0.05, 0) is 37.0 Å². The summed E-state index contributed by atoms with van der Waals surface area (Å²) < 4.78 is 11.4. The van der Waals surface area contributed by atoms with Gasteiger partial charge in [0, 0.05) is 5.92 Å². The number of hydrogen-bond donors (Lipinski definition) is 1. The molecule has 6 heteroatoms. The minimum absolute atomic E-state index is 0.203. The minimum atomic E-state index is 0.203. The maximum atomic E-state index is 5.85. The molecule has 1 saturated heterocycles. The molecule has 16 heavy (non-hydrogen) atoms. The summed E-state index contributed by atoms with van der Waals surface area (Å²) in [4.78, 5) is 0. The molecule has 1 aliphatic heterocycles.